The van der Waals surface area contributed by atoms with Crippen LogP contribution in [0.15, 0.2) is 42.5 Å². The summed E-state index contributed by atoms with van der Waals surface area (Å²) in [4.78, 5) is 13.2. The van der Waals surface area contributed by atoms with E-state index in [1.807, 2.05) is 0 Å². The van der Waals surface area contributed by atoms with Gasteiger partial charge < -0.3 is 15.4 Å². The fourth-order valence-electron chi connectivity index (χ4n) is 3.96. The molecule has 0 aromatic heterocycles. The molecule has 1 aliphatic heterocycles. The molecule has 2 aromatic rings. The molecule has 0 bridgehead atoms. The van der Waals surface area contributed by atoms with Gasteiger partial charge in [-0.3, -0.25) is 4.79 Å². The van der Waals surface area contributed by atoms with E-state index < -0.39 is 5.41 Å². The minimum absolute atomic E-state index is 0.306. The van der Waals surface area contributed by atoms with Crippen LogP contribution in [0.1, 0.15) is 30.4 Å². The molecule has 0 unspecified atom stereocenters. The first-order valence-corrected chi connectivity index (χ1v) is 9.05. The molecule has 0 aliphatic carbocycles. The van der Waals surface area contributed by atoms with Crippen LogP contribution in [0.4, 0.5) is 8.78 Å². The molecule has 27 heavy (non-hydrogen) atoms. The molecule has 0 saturated carbocycles. The number of hydrogen-bond acceptors (Lipinski definition) is 3. The summed E-state index contributed by atoms with van der Waals surface area (Å²) in [5.41, 5.74) is 6.47. The minimum atomic E-state index is -0.482. The first-order valence-electron chi connectivity index (χ1n) is 9.05. The molecule has 2 N–H and O–H groups in total. The van der Waals surface area contributed by atoms with Gasteiger partial charge in [0.25, 0.3) is 0 Å². The van der Waals surface area contributed by atoms with Gasteiger partial charge in [-0.2, -0.15) is 0 Å². The van der Waals surface area contributed by atoms with Gasteiger partial charge in [0.15, 0.2) is 0 Å². The molecule has 1 saturated heterocycles. The molecule has 2 aromatic carbocycles. The second kappa shape index (κ2) is 8.05. The predicted molar refractivity (Wildman–Crippen MR) is 99.6 cm³/mol. The van der Waals surface area contributed by atoms with Crippen LogP contribution < -0.4 is 10.5 Å². The predicted octanol–water partition coefficient (Wildman–Crippen LogP) is 3.23. The maximum atomic E-state index is 14.1. The highest BCUT2D eigenvalue weighted by atomic mass is 19.1. The van der Waals surface area contributed by atoms with E-state index in [0.717, 1.165) is 24.2 Å². The van der Waals surface area contributed by atoms with Crippen molar-refractivity contribution in [3.63, 3.8) is 0 Å². The third-order valence-corrected chi connectivity index (χ3v) is 5.46. The topological polar surface area (TPSA) is 55.6 Å². The highest BCUT2D eigenvalue weighted by Gasteiger charge is 2.40. The Morgan fingerprint density at radius 2 is 1.74 bits per heavy atom. The lowest BCUT2D eigenvalue weighted by atomic mass is 9.67. The monoisotopic (exact) mass is 374 g/mol. The van der Waals surface area contributed by atoms with Crippen molar-refractivity contribution in [1.82, 2.24) is 4.90 Å². The van der Waals surface area contributed by atoms with Crippen molar-refractivity contribution in [2.75, 3.05) is 26.7 Å². The summed E-state index contributed by atoms with van der Waals surface area (Å²) in [6.45, 7) is 2.06. The van der Waals surface area contributed by atoms with Gasteiger partial charge in [0.2, 0.25) is 5.91 Å². The number of methoxy groups -OCH3 is 1. The van der Waals surface area contributed by atoms with Crippen molar-refractivity contribution in [2.45, 2.75) is 24.7 Å². The quantitative estimate of drug-likeness (QED) is 0.845. The average Bonchev–Trinajstić information content (AvgIpc) is 2.67. The number of benzene rings is 2. The van der Waals surface area contributed by atoms with Gasteiger partial charge in [-0.05, 0) is 61.8 Å². The minimum Gasteiger partial charge on any atom is -0.496 e. The summed E-state index contributed by atoms with van der Waals surface area (Å²) in [5.74, 6) is -0.342. The number of ether oxygens (including phenoxy) is 1. The van der Waals surface area contributed by atoms with E-state index >= 15 is 0 Å². The number of hydrogen-bond donors (Lipinski definition) is 1. The van der Waals surface area contributed by atoms with E-state index in [1.54, 1.807) is 25.3 Å². The summed E-state index contributed by atoms with van der Waals surface area (Å²) in [6, 6.07) is 10.9. The zero-order chi connectivity index (χ0) is 19.4. The summed E-state index contributed by atoms with van der Waals surface area (Å²) >= 11 is 0. The van der Waals surface area contributed by atoms with E-state index in [2.05, 4.69) is 4.90 Å². The van der Waals surface area contributed by atoms with Crippen LogP contribution in [-0.4, -0.2) is 37.6 Å². The van der Waals surface area contributed by atoms with Crippen LogP contribution in [0.5, 0.6) is 5.75 Å². The smallest absolute Gasteiger partial charge is 0.218 e. The Morgan fingerprint density at radius 1 is 1.11 bits per heavy atom. The van der Waals surface area contributed by atoms with Crippen LogP contribution in [0.3, 0.4) is 0 Å². The van der Waals surface area contributed by atoms with E-state index in [4.69, 9.17) is 10.5 Å². The van der Waals surface area contributed by atoms with Gasteiger partial charge >= 0.3 is 0 Å². The van der Waals surface area contributed by atoms with Crippen LogP contribution >= 0.6 is 0 Å². The fourth-order valence-corrected chi connectivity index (χ4v) is 3.96. The molecule has 1 fully saturated rings. The summed E-state index contributed by atoms with van der Waals surface area (Å²) in [6.07, 6.45) is 1.72. The maximum Gasteiger partial charge on any atom is 0.218 e. The molecule has 1 amide bonds. The molecule has 144 valence electrons. The second-order valence-electron chi connectivity index (χ2n) is 6.99. The number of rotatable bonds is 6. The van der Waals surface area contributed by atoms with E-state index in [0.29, 0.717) is 31.6 Å². The third kappa shape index (κ3) is 4.11. The standard InChI is InChI=1S/C21H24F2N2O2/c1-27-19-7-6-17(23)14-18(19)21(15-2-4-16(22)5-3-15)9-12-25(13-10-21)11-8-20(24)26/h2-7,14H,8-13H2,1H3,(H2,24,26). The Hall–Kier alpha value is -2.47. The Morgan fingerprint density at radius 3 is 2.33 bits per heavy atom. The van der Waals surface area contributed by atoms with Crippen LogP contribution in [0, 0.1) is 11.6 Å². The molecule has 3 rings (SSSR count). The molecule has 1 heterocycles. The summed E-state index contributed by atoms with van der Waals surface area (Å²) in [5, 5.41) is 0. The number of piperidine rings is 1. The fraction of sp³-hybridized carbons (Fsp3) is 0.381. The molecular formula is C21H24F2N2O2. The number of nitrogens with two attached hydrogens (primary N) is 1. The Balaban J connectivity index is 1.98. The zero-order valence-corrected chi connectivity index (χ0v) is 15.4. The highest BCUT2D eigenvalue weighted by molar-refractivity contribution is 5.73. The first-order chi connectivity index (χ1) is 12.9. The van der Waals surface area contributed by atoms with Gasteiger partial charge in [0, 0.05) is 23.9 Å². The van der Waals surface area contributed by atoms with Crippen molar-refractivity contribution in [3.05, 3.63) is 65.2 Å². The van der Waals surface area contributed by atoms with E-state index in [-0.39, 0.29) is 17.5 Å². The lowest BCUT2D eigenvalue weighted by molar-refractivity contribution is -0.118. The number of halogens is 2. The number of nitrogens with zero attached hydrogens (tertiary/aromatic N) is 1. The Bertz CT molecular complexity index is 800. The molecule has 0 spiro atoms. The van der Waals surface area contributed by atoms with E-state index in [1.165, 1.54) is 24.3 Å². The number of carbonyl (C=O) groups is 1. The van der Waals surface area contributed by atoms with Gasteiger partial charge in [-0.25, -0.2) is 8.78 Å². The van der Waals surface area contributed by atoms with Gasteiger partial charge in [0.05, 0.1) is 7.11 Å². The van der Waals surface area contributed by atoms with Crippen LogP contribution in [-0.2, 0) is 10.2 Å². The lowest BCUT2D eigenvalue weighted by Gasteiger charge is -2.43. The molecule has 1 aliphatic rings. The molecule has 0 atom stereocenters. The van der Waals surface area contributed by atoms with Crippen LogP contribution in [0.2, 0.25) is 0 Å². The highest BCUT2D eigenvalue weighted by Crippen LogP contribution is 2.45. The molecular weight excluding hydrogens is 350 g/mol. The van der Waals surface area contributed by atoms with Crippen molar-refractivity contribution < 1.29 is 18.3 Å². The van der Waals surface area contributed by atoms with Gasteiger partial charge in [0.1, 0.15) is 17.4 Å². The molecule has 6 heteroatoms. The normalized spacial score (nSPS) is 16.9. The van der Waals surface area contributed by atoms with Crippen LogP contribution in [0.25, 0.3) is 0 Å². The SMILES string of the molecule is COc1ccc(F)cc1C1(c2ccc(F)cc2)CCN(CCC(N)=O)CC1. The Labute approximate surface area is 157 Å². The number of likely N-dealkylation sites (tertiary alicyclic amines) is 1. The number of primary amides is 1. The molecule has 4 nitrogen and oxygen atoms in total. The Kier molecular flexibility index (Phi) is 5.75. The van der Waals surface area contributed by atoms with Crippen molar-refractivity contribution in [3.8, 4) is 5.75 Å². The maximum absolute atomic E-state index is 14.1. The van der Waals surface area contributed by atoms with E-state index in [9.17, 15) is 13.6 Å². The summed E-state index contributed by atoms with van der Waals surface area (Å²) in [7, 11) is 1.57. The average molecular weight is 374 g/mol. The van der Waals surface area contributed by atoms with Crippen molar-refractivity contribution in [1.29, 1.82) is 0 Å². The largest absolute Gasteiger partial charge is 0.496 e. The lowest BCUT2D eigenvalue weighted by Crippen LogP contribution is -2.44. The van der Waals surface area contributed by atoms with Gasteiger partial charge in [-0.1, -0.05) is 12.1 Å². The van der Waals surface area contributed by atoms with Crippen molar-refractivity contribution >= 4 is 5.91 Å². The summed E-state index contributed by atoms with van der Waals surface area (Å²) < 4.78 is 33.1. The zero-order valence-electron chi connectivity index (χ0n) is 15.4. The first kappa shape index (κ1) is 19.3. The van der Waals surface area contributed by atoms with Crippen molar-refractivity contribution in [2.24, 2.45) is 5.73 Å². The number of amides is 1. The third-order valence-electron chi connectivity index (χ3n) is 5.46. The van der Waals surface area contributed by atoms with Gasteiger partial charge in [-0.15, -0.1) is 0 Å². The number of carbonyl (C=O) groups excluding carboxylic acids is 1. The molecule has 0 radical (unpaired) electrons. The second-order valence-corrected chi connectivity index (χ2v) is 6.99.